The van der Waals surface area contributed by atoms with E-state index < -0.39 is 5.60 Å². The molecular formula is C7H13NO2. The van der Waals surface area contributed by atoms with E-state index in [2.05, 4.69) is 0 Å². The molecule has 3 heteroatoms. The summed E-state index contributed by atoms with van der Waals surface area (Å²) in [4.78, 5) is 10.8. The minimum Gasteiger partial charge on any atom is -0.382 e. The molecule has 1 saturated carbocycles. The lowest BCUT2D eigenvalue weighted by atomic mass is 9.98. The van der Waals surface area contributed by atoms with E-state index in [1.807, 2.05) is 0 Å². The van der Waals surface area contributed by atoms with Crippen LogP contribution in [-0.4, -0.2) is 22.5 Å². The van der Waals surface area contributed by atoms with Gasteiger partial charge in [0.05, 0.1) is 0 Å². The van der Waals surface area contributed by atoms with Crippen LogP contribution in [0.4, 0.5) is 0 Å². The van der Waals surface area contributed by atoms with Crippen LogP contribution in [0.3, 0.4) is 0 Å². The summed E-state index contributed by atoms with van der Waals surface area (Å²) in [6.45, 7) is 1.41. The number of ketones is 1. The highest BCUT2D eigenvalue weighted by Crippen LogP contribution is 2.29. The van der Waals surface area contributed by atoms with Gasteiger partial charge in [0.15, 0.2) is 5.78 Å². The van der Waals surface area contributed by atoms with Crippen molar-refractivity contribution in [3.05, 3.63) is 0 Å². The maximum Gasteiger partial charge on any atom is 0.161 e. The Morgan fingerprint density at radius 2 is 2.40 bits per heavy atom. The number of hydrogen-bond donors (Lipinski definition) is 2. The fourth-order valence-corrected chi connectivity index (χ4v) is 1.38. The molecular weight excluding hydrogens is 130 g/mol. The van der Waals surface area contributed by atoms with Crippen molar-refractivity contribution in [2.24, 2.45) is 5.73 Å². The molecule has 3 nitrogen and oxygen atoms in total. The lowest BCUT2D eigenvalue weighted by Gasteiger charge is -2.17. The molecule has 0 unspecified atom stereocenters. The standard InChI is InChI=1S/C7H13NO2/c1-5(9)7(10)3-2-6(8)4-7/h6,10H,2-4,8H2,1H3/t6-,7-/m0/s1. The van der Waals surface area contributed by atoms with Crippen molar-refractivity contribution in [1.82, 2.24) is 0 Å². The van der Waals surface area contributed by atoms with E-state index >= 15 is 0 Å². The summed E-state index contributed by atoms with van der Waals surface area (Å²) in [5, 5.41) is 9.51. The molecule has 58 valence electrons. The Morgan fingerprint density at radius 3 is 2.60 bits per heavy atom. The number of aliphatic hydroxyl groups is 1. The van der Waals surface area contributed by atoms with E-state index in [1.54, 1.807) is 0 Å². The van der Waals surface area contributed by atoms with E-state index in [4.69, 9.17) is 5.73 Å². The average Bonchev–Trinajstić information content (AvgIpc) is 2.13. The van der Waals surface area contributed by atoms with Crippen molar-refractivity contribution >= 4 is 5.78 Å². The fraction of sp³-hybridized carbons (Fsp3) is 0.857. The smallest absolute Gasteiger partial charge is 0.161 e. The maximum atomic E-state index is 10.8. The molecule has 0 spiro atoms. The van der Waals surface area contributed by atoms with E-state index in [0.717, 1.165) is 6.42 Å². The van der Waals surface area contributed by atoms with Gasteiger partial charge < -0.3 is 10.8 Å². The number of hydrogen-bond acceptors (Lipinski definition) is 3. The third-order valence-electron chi connectivity index (χ3n) is 2.18. The Labute approximate surface area is 60.2 Å². The van der Waals surface area contributed by atoms with Gasteiger partial charge in [-0.2, -0.15) is 0 Å². The fourth-order valence-electron chi connectivity index (χ4n) is 1.38. The van der Waals surface area contributed by atoms with Crippen LogP contribution in [0.1, 0.15) is 26.2 Å². The van der Waals surface area contributed by atoms with Crippen LogP contribution in [0.2, 0.25) is 0 Å². The summed E-state index contributed by atoms with van der Waals surface area (Å²) in [5.41, 5.74) is 4.44. The summed E-state index contributed by atoms with van der Waals surface area (Å²) in [7, 11) is 0. The van der Waals surface area contributed by atoms with Crippen LogP contribution in [-0.2, 0) is 4.79 Å². The molecule has 1 rings (SSSR count). The average molecular weight is 143 g/mol. The topological polar surface area (TPSA) is 63.3 Å². The van der Waals surface area contributed by atoms with E-state index in [1.165, 1.54) is 6.92 Å². The van der Waals surface area contributed by atoms with Crippen molar-refractivity contribution in [1.29, 1.82) is 0 Å². The molecule has 1 fully saturated rings. The van der Waals surface area contributed by atoms with Gasteiger partial charge in [-0.25, -0.2) is 0 Å². The Morgan fingerprint density at radius 1 is 1.80 bits per heavy atom. The summed E-state index contributed by atoms with van der Waals surface area (Å²) in [6, 6.07) is 0.00824. The van der Waals surface area contributed by atoms with Gasteiger partial charge in [-0.15, -0.1) is 0 Å². The summed E-state index contributed by atoms with van der Waals surface area (Å²) >= 11 is 0. The molecule has 0 aromatic rings. The molecule has 0 aliphatic heterocycles. The molecule has 3 N–H and O–H groups in total. The highest BCUT2D eigenvalue weighted by atomic mass is 16.3. The van der Waals surface area contributed by atoms with Gasteiger partial charge in [0.25, 0.3) is 0 Å². The lowest BCUT2D eigenvalue weighted by Crippen LogP contribution is -2.35. The second-order valence-electron chi connectivity index (χ2n) is 3.09. The number of carbonyl (C=O) groups is 1. The predicted molar refractivity (Wildman–Crippen MR) is 37.5 cm³/mol. The molecule has 0 radical (unpaired) electrons. The molecule has 1 aliphatic carbocycles. The van der Waals surface area contributed by atoms with Crippen LogP contribution >= 0.6 is 0 Å². The van der Waals surface area contributed by atoms with Gasteiger partial charge in [0.1, 0.15) is 5.60 Å². The van der Waals surface area contributed by atoms with Gasteiger partial charge in [0, 0.05) is 6.04 Å². The molecule has 10 heavy (non-hydrogen) atoms. The van der Waals surface area contributed by atoms with Crippen molar-refractivity contribution in [2.45, 2.75) is 37.8 Å². The molecule has 0 heterocycles. The first-order valence-corrected chi connectivity index (χ1v) is 3.53. The van der Waals surface area contributed by atoms with Crippen LogP contribution < -0.4 is 5.73 Å². The van der Waals surface area contributed by atoms with Crippen molar-refractivity contribution in [3.8, 4) is 0 Å². The van der Waals surface area contributed by atoms with Gasteiger partial charge in [0.2, 0.25) is 0 Å². The largest absolute Gasteiger partial charge is 0.382 e. The van der Waals surface area contributed by atoms with Crippen molar-refractivity contribution in [3.63, 3.8) is 0 Å². The minimum absolute atomic E-state index is 0.00824. The monoisotopic (exact) mass is 143 g/mol. The van der Waals surface area contributed by atoms with Crippen molar-refractivity contribution < 1.29 is 9.90 Å². The SMILES string of the molecule is CC(=O)[C@]1(O)CC[C@H](N)C1. The maximum absolute atomic E-state index is 10.8. The Balaban J connectivity index is 2.63. The summed E-state index contributed by atoms with van der Waals surface area (Å²) in [6.07, 6.45) is 1.72. The number of carbonyl (C=O) groups excluding carboxylic acids is 1. The Bertz CT molecular complexity index is 158. The van der Waals surface area contributed by atoms with Crippen molar-refractivity contribution in [2.75, 3.05) is 0 Å². The van der Waals surface area contributed by atoms with E-state index in [9.17, 15) is 9.90 Å². The third kappa shape index (κ3) is 1.20. The first kappa shape index (κ1) is 7.69. The predicted octanol–water partition coefficient (Wildman–Crippen LogP) is -0.182. The molecule has 2 atom stereocenters. The number of Topliss-reactive ketones (excluding diaryl/α,β-unsaturated/α-hetero) is 1. The van der Waals surface area contributed by atoms with Gasteiger partial charge in [-0.3, -0.25) is 4.79 Å². The third-order valence-corrected chi connectivity index (χ3v) is 2.18. The summed E-state index contributed by atoms with van der Waals surface area (Å²) in [5.74, 6) is -0.152. The second kappa shape index (κ2) is 2.32. The Hall–Kier alpha value is -0.410. The zero-order chi connectivity index (χ0) is 7.78. The molecule has 0 amide bonds. The second-order valence-corrected chi connectivity index (χ2v) is 3.09. The molecule has 0 aromatic heterocycles. The Kier molecular flexibility index (Phi) is 1.79. The summed E-state index contributed by atoms with van der Waals surface area (Å²) < 4.78 is 0. The van der Waals surface area contributed by atoms with E-state index in [-0.39, 0.29) is 11.8 Å². The first-order valence-electron chi connectivity index (χ1n) is 3.53. The lowest BCUT2D eigenvalue weighted by molar-refractivity contribution is -0.134. The zero-order valence-electron chi connectivity index (χ0n) is 6.13. The zero-order valence-corrected chi connectivity index (χ0v) is 6.13. The van der Waals surface area contributed by atoms with Crippen LogP contribution in [0.5, 0.6) is 0 Å². The van der Waals surface area contributed by atoms with Gasteiger partial charge in [-0.05, 0) is 26.2 Å². The molecule has 0 saturated heterocycles. The molecule has 1 aliphatic rings. The van der Waals surface area contributed by atoms with Crippen LogP contribution in [0.15, 0.2) is 0 Å². The first-order chi connectivity index (χ1) is 4.54. The highest BCUT2D eigenvalue weighted by Gasteiger charge is 2.39. The van der Waals surface area contributed by atoms with E-state index in [0.29, 0.717) is 12.8 Å². The number of rotatable bonds is 1. The van der Waals surface area contributed by atoms with Gasteiger partial charge >= 0.3 is 0 Å². The molecule has 0 aromatic carbocycles. The number of nitrogens with two attached hydrogens (primary N) is 1. The quantitative estimate of drug-likeness (QED) is 0.535. The molecule has 0 bridgehead atoms. The minimum atomic E-state index is -1.10. The normalized spacial score (nSPS) is 40.1. The van der Waals surface area contributed by atoms with Crippen LogP contribution in [0.25, 0.3) is 0 Å². The van der Waals surface area contributed by atoms with Crippen LogP contribution in [0, 0.1) is 0 Å². The van der Waals surface area contributed by atoms with Gasteiger partial charge in [-0.1, -0.05) is 0 Å². The highest BCUT2D eigenvalue weighted by molar-refractivity contribution is 5.85.